The molecule has 0 fully saturated rings. The Hall–Kier alpha value is -1.51. The minimum Gasteiger partial charge on any atom is -0.469 e. The molecule has 0 aliphatic carbocycles. The van der Waals surface area contributed by atoms with Crippen LogP contribution < -0.4 is 16.0 Å². The Balaban J connectivity index is 0.00000529. The van der Waals surface area contributed by atoms with Gasteiger partial charge in [-0.05, 0) is 32.9 Å². The molecule has 0 bridgehead atoms. The fraction of sp³-hybridized carbons (Fsp3) is 0.529. The molecule has 0 spiro atoms. The maximum Gasteiger partial charge on any atom is 0.227 e. The predicted octanol–water partition coefficient (Wildman–Crippen LogP) is 2.32. The van der Waals surface area contributed by atoms with Gasteiger partial charge in [0.05, 0.1) is 18.2 Å². The fourth-order valence-corrected chi connectivity index (χ4v) is 1.85. The number of aliphatic imine (C=N–C) groups is 1. The largest absolute Gasteiger partial charge is 0.469 e. The van der Waals surface area contributed by atoms with Crippen molar-refractivity contribution in [1.29, 1.82) is 0 Å². The first-order valence-electron chi connectivity index (χ1n) is 7.93. The van der Waals surface area contributed by atoms with E-state index in [0.717, 1.165) is 12.2 Å². The molecule has 0 saturated heterocycles. The molecule has 0 saturated carbocycles. The van der Waals surface area contributed by atoms with Crippen LogP contribution in [-0.2, 0) is 11.2 Å². The van der Waals surface area contributed by atoms with Crippen molar-refractivity contribution >= 4 is 35.8 Å². The molecule has 1 rings (SSSR count). The Morgan fingerprint density at radius 3 is 2.71 bits per heavy atom. The number of hydrogen-bond donors (Lipinski definition) is 3. The summed E-state index contributed by atoms with van der Waals surface area (Å²) in [7, 11) is 0. The van der Waals surface area contributed by atoms with E-state index in [0.29, 0.717) is 32.1 Å². The molecule has 6 nitrogen and oxygen atoms in total. The second-order valence-electron chi connectivity index (χ2n) is 5.83. The van der Waals surface area contributed by atoms with E-state index in [4.69, 9.17) is 4.42 Å². The number of halogens is 1. The van der Waals surface area contributed by atoms with Gasteiger partial charge in [-0.1, -0.05) is 6.08 Å². The van der Waals surface area contributed by atoms with E-state index in [1.807, 2.05) is 32.9 Å². The number of nitrogens with one attached hydrogen (secondary N) is 3. The fourth-order valence-electron chi connectivity index (χ4n) is 1.85. The van der Waals surface area contributed by atoms with Crippen LogP contribution in [0.3, 0.4) is 0 Å². The van der Waals surface area contributed by atoms with Crippen LogP contribution in [0.25, 0.3) is 0 Å². The summed E-state index contributed by atoms with van der Waals surface area (Å²) in [5.74, 6) is 1.58. The van der Waals surface area contributed by atoms with Crippen molar-refractivity contribution in [1.82, 2.24) is 16.0 Å². The van der Waals surface area contributed by atoms with Crippen LogP contribution in [0.2, 0.25) is 0 Å². The van der Waals surface area contributed by atoms with Gasteiger partial charge in [0.1, 0.15) is 5.76 Å². The molecule has 0 atom stereocenters. The summed E-state index contributed by atoms with van der Waals surface area (Å²) >= 11 is 0. The quantitative estimate of drug-likeness (QED) is 0.235. The molecule has 0 aromatic carbocycles. The lowest BCUT2D eigenvalue weighted by molar-refractivity contribution is -0.128. The van der Waals surface area contributed by atoms with Crippen molar-refractivity contribution in [3.05, 3.63) is 36.8 Å². The molecule has 0 aliphatic heterocycles. The molecule has 3 N–H and O–H groups in total. The molecule has 1 aromatic heterocycles. The minimum absolute atomic E-state index is 0. The Morgan fingerprint density at radius 1 is 1.38 bits per heavy atom. The molecule has 0 unspecified atom stereocenters. The van der Waals surface area contributed by atoms with E-state index < -0.39 is 5.41 Å². The van der Waals surface area contributed by atoms with E-state index in [-0.39, 0.29) is 29.9 Å². The first-order chi connectivity index (χ1) is 11.0. The number of carbonyl (C=O) groups is 1. The summed E-state index contributed by atoms with van der Waals surface area (Å²) in [6.45, 7) is 11.7. The van der Waals surface area contributed by atoms with Crippen LogP contribution in [-0.4, -0.2) is 38.0 Å². The van der Waals surface area contributed by atoms with E-state index >= 15 is 0 Å². The van der Waals surface area contributed by atoms with Gasteiger partial charge in [0.15, 0.2) is 5.96 Å². The van der Waals surface area contributed by atoms with Gasteiger partial charge in [0.25, 0.3) is 0 Å². The Kier molecular flexibility index (Phi) is 11.2. The van der Waals surface area contributed by atoms with E-state index in [1.165, 1.54) is 0 Å². The average Bonchev–Trinajstić information content (AvgIpc) is 3.03. The molecule has 136 valence electrons. The topological polar surface area (TPSA) is 78.7 Å². The molecule has 7 heteroatoms. The third-order valence-corrected chi connectivity index (χ3v) is 3.24. The molecule has 1 aromatic rings. The molecular weight excluding hydrogens is 419 g/mol. The van der Waals surface area contributed by atoms with Crippen LogP contribution in [0.1, 0.15) is 26.5 Å². The monoisotopic (exact) mass is 448 g/mol. The van der Waals surface area contributed by atoms with E-state index in [2.05, 4.69) is 27.5 Å². The zero-order valence-corrected chi connectivity index (χ0v) is 17.1. The highest BCUT2D eigenvalue weighted by Crippen LogP contribution is 2.15. The third kappa shape index (κ3) is 8.37. The standard InChI is InChI=1S/C17H28N4O2.HI/c1-5-10-19-16(20-11-9-14-8-7-12-23-14)21-13-17(3,4)15(22)18-6-2;/h5,7-8,12H,1,6,9-11,13H2,2-4H3,(H,18,22)(H2,19,20,21);1H. The van der Waals surface area contributed by atoms with Crippen molar-refractivity contribution < 1.29 is 9.21 Å². The van der Waals surface area contributed by atoms with Gasteiger partial charge < -0.3 is 20.4 Å². The number of amides is 1. The third-order valence-electron chi connectivity index (χ3n) is 3.24. The van der Waals surface area contributed by atoms with Crippen LogP contribution in [0.4, 0.5) is 0 Å². The number of hydrogen-bond acceptors (Lipinski definition) is 3. The number of guanidine groups is 1. The average molecular weight is 448 g/mol. The van der Waals surface area contributed by atoms with Crippen molar-refractivity contribution in [3.8, 4) is 0 Å². The lowest BCUT2D eigenvalue weighted by Gasteiger charge is -2.22. The van der Waals surface area contributed by atoms with Crippen molar-refractivity contribution in [2.45, 2.75) is 27.2 Å². The number of nitrogens with zero attached hydrogens (tertiary/aromatic N) is 1. The van der Waals surface area contributed by atoms with E-state index in [9.17, 15) is 4.79 Å². The second kappa shape index (κ2) is 11.9. The highest BCUT2D eigenvalue weighted by Gasteiger charge is 2.26. The number of carbonyl (C=O) groups excluding carboxylic acids is 1. The molecule has 24 heavy (non-hydrogen) atoms. The summed E-state index contributed by atoms with van der Waals surface area (Å²) in [5, 5.41) is 9.22. The highest BCUT2D eigenvalue weighted by molar-refractivity contribution is 14.0. The predicted molar refractivity (Wildman–Crippen MR) is 109 cm³/mol. The zero-order chi connectivity index (χ0) is 17.1. The van der Waals surface area contributed by atoms with Gasteiger partial charge in [0.2, 0.25) is 5.91 Å². The van der Waals surface area contributed by atoms with Gasteiger partial charge in [-0.2, -0.15) is 0 Å². The van der Waals surface area contributed by atoms with Gasteiger partial charge in [-0.15, -0.1) is 30.6 Å². The normalized spacial score (nSPS) is 11.4. The zero-order valence-electron chi connectivity index (χ0n) is 14.7. The lowest BCUT2D eigenvalue weighted by atomic mass is 9.92. The van der Waals surface area contributed by atoms with Crippen molar-refractivity contribution in [2.24, 2.45) is 10.4 Å². The van der Waals surface area contributed by atoms with Crippen LogP contribution >= 0.6 is 24.0 Å². The molecule has 1 amide bonds. The first kappa shape index (κ1) is 22.5. The summed E-state index contributed by atoms with van der Waals surface area (Å²) in [6.07, 6.45) is 4.19. The summed E-state index contributed by atoms with van der Waals surface area (Å²) in [6, 6.07) is 3.81. The lowest BCUT2D eigenvalue weighted by Crippen LogP contribution is -2.42. The molecule has 0 aliphatic rings. The second-order valence-corrected chi connectivity index (χ2v) is 5.83. The summed E-state index contributed by atoms with van der Waals surface area (Å²) < 4.78 is 5.30. The molecular formula is C17H29IN4O2. The van der Waals surface area contributed by atoms with Crippen LogP contribution in [0.5, 0.6) is 0 Å². The summed E-state index contributed by atoms with van der Waals surface area (Å²) in [4.78, 5) is 16.5. The van der Waals surface area contributed by atoms with Gasteiger partial charge >= 0.3 is 0 Å². The maximum atomic E-state index is 12.0. The number of furan rings is 1. The van der Waals surface area contributed by atoms with Crippen molar-refractivity contribution in [2.75, 3.05) is 26.2 Å². The molecule has 1 heterocycles. The highest BCUT2D eigenvalue weighted by atomic mass is 127. The Labute approximate surface area is 161 Å². The van der Waals surface area contributed by atoms with Gasteiger partial charge in [-0.3, -0.25) is 9.79 Å². The molecule has 0 radical (unpaired) electrons. The SMILES string of the molecule is C=CCNC(=NCC(C)(C)C(=O)NCC)NCCc1ccco1.I. The minimum atomic E-state index is -0.556. The van der Waals surface area contributed by atoms with Crippen LogP contribution in [0.15, 0.2) is 40.5 Å². The Morgan fingerprint density at radius 2 is 2.12 bits per heavy atom. The van der Waals surface area contributed by atoms with Gasteiger partial charge in [-0.25, -0.2) is 0 Å². The van der Waals surface area contributed by atoms with E-state index in [1.54, 1.807) is 12.3 Å². The smallest absolute Gasteiger partial charge is 0.227 e. The van der Waals surface area contributed by atoms with Crippen LogP contribution in [0, 0.1) is 5.41 Å². The Bertz CT molecular complexity index is 513. The van der Waals surface area contributed by atoms with Crippen molar-refractivity contribution in [3.63, 3.8) is 0 Å². The van der Waals surface area contributed by atoms with Gasteiger partial charge in [0, 0.05) is 26.1 Å². The maximum absolute atomic E-state index is 12.0. The number of rotatable bonds is 9. The first-order valence-corrected chi connectivity index (χ1v) is 7.93. The summed E-state index contributed by atoms with van der Waals surface area (Å²) in [5.41, 5.74) is -0.556.